The minimum absolute atomic E-state index is 0.102. The maximum atomic E-state index is 13.6. The highest BCUT2D eigenvalue weighted by Crippen LogP contribution is 2.23. The SMILES string of the molecule is O=C(CN(C(=O)CCC(=O)Nc1nccs1)c1ccc(F)c(Cl)c1)NCc1ccccc1. The lowest BCUT2D eigenvalue weighted by Crippen LogP contribution is -2.41. The Morgan fingerprint density at radius 3 is 2.53 bits per heavy atom. The maximum absolute atomic E-state index is 13.6. The number of nitrogens with one attached hydrogen (secondary N) is 2. The number of thiazole rings is 1. The van der Waals surface area contributed by atoms with Gasteiger partial charge in [0.25, 0.3) is 0 Å². The molecule has 3 amide bonds. The quantitative estimate of drug-likeness (QED) is 0.490. The van der Waals surface area contributed by atoms with E-state index in [1.54, 1.807) is 11.6 Å². The molecule has 10 heteroatoms. The zero-order valence-electron chi connectivity index (χ0n) is 16.9. The fourth-order valence-corrected chi connectivity index (χ4v) is 3.51. The number of benzene rings is 2. The van der Waals surface area contributed by atoms with Gasteiger partial charge in [-0.25, -0.2) is 9.37 Å². The average molecular weight is 475 g/mol. The first-order valence-electron chi connectivity index (χ1n) is 9.68. The molecule has 0 fully saturated rings. The van der Waals surface area contributed by atoms with E-state index in [0.29, 0.717) is 11.7 Å². The van der Waals surface area contributed by atoms with Crippen LogP contribution in [0.2, 0.25) is 5.02 Å². The summed E-state index contributed by atoms with van der Waals surface area (Å²) in [6.07, 6.45) is 1.30. The summed E-state index contributed by atoms with van der Waals surface area (Å²) in [4.78, 5) is 42.6. The van der Waals surface area contributed by atoms with Crippen LogP contribution in [-0.4, -0.2) is 29.3 Å². The smallest absolute Gasteiger partial charge is 0.240 e. The molecule has 3 rings (SSSR count). The Morgan fingerprint density at radius 1 is 1.06 bits per heavy atom. The summed E-state index contributed by atoms with van der Waals surface area (Å²) in [5.41, 5.74) is 1.17. The van der Waals surface area contributed by atoms with Gasteiger partial charge in [0.05, 0.1) is 5.02 Å². The highest BCUT2D eigenvalue weighted by Gasteiger charge is 2.21. The van der Waals surface area contributed by atoms with E-state index in [4.69, 9.17) is 11.6 Å². The van der Waals surface area contributed by atoms with Gasteiger partial charge in [-0.2, -0.15) is 0 Å². The third kappa shape index (κ3) is 6.86. The van der Waals surface area contributed by atoms with Crippen LogP contribution in [0.3, 0.4) is 0 Å². The van der Waals surface area contributed by atoms with Crippen LogP contribution in [-0.2, 0) is 20.9 Å². The molecule has 0 bridgehead atoms. The van der Waals surface area contributed by atoms with Crippen molar-refractivity contribution in [2.24, 2.45) is 0 Å². The molecular formula is C22H20ClFN4O3S. The fraction of sp³-hybridized carbons (Fsp3) is 0.182. The van der Waals surface area contributed by atoms with Crippen molar-refractivity contribution >= 4 is 51.5 Å². The number of rotatable bonds is 9. The Kier molecular flexibility index (Phi) is 8.29. The molecule has 7 nitrogen and oxygen atoms in total. The Bertz CT molecular complexity index is 1080. The second-order valence-electron chi connectivity index (χ2n) is 6.73. The molecule has 3 aromatic rings. The second-order valence-corrected chi connectivity index (χ2v) is 8.03. The molecule has 0 spiro atoms. The van der Waals surface area contributed by atoms with Crippen molar-refractivity contribution in [2.45, 2.75) is 19.4 Å². The topological polar surface area (TPSA) is 91.4 Å². The molecule has 0 unspecified atom stereocenters. The summed E-state index contributed by atoms with van der Waals surface area (Å²) in [6.45, 7) is -0.0101. The second kappa shape index (κ2) is 11.4. The number of amides is 3. The average Bonchev–Trinajstić information content (AvgIpc) is 3.30. The van der Waals surface area contributed by atoms with E-state index in [1.807, 2.05) is 30.3 Å². The predicted octanol–water partition coefficient (Wildman–Crippen LogP) is 4.00. The zero-order valence-corrected chi connectivity index (χ0v) is 18.5. The molecule has 0 radical (unpaired) electrons. The van der Waals surface area contributed by atoms with Crippen LogP contribution < -0.4 is 15.5 Å². The van der Waals surface area contributed by atoms with Crippen LogP contribution in [0.5, 0.6) is 0 Å². The van der Waals surface area contributed by atoms with Gasteiger partial charge < -0.3 is 15.5 Å². The van der Waals surface area contributed by atoms with Gasteiger partial charge in [-0.05, 0) is 23.8 Å². The van der Waals surface area contributed by atoms with Gasteiger partial charge in [-0.15, -0.1) is 11.3 Å². The Labute approximate surface area is 193 Å². The van der Waals surface area contributed by atoms with Crippen molar-refractivity contribution in [3.05, 3.63) is 76.5 Å². The minimum Gasteiger partial charge on any atom is -0.350 e. The highest BCUT2D eigenvalue weighted by molar-refractivity contribution is 7.13. The molecule has 166 valence electrons. The number of aromatic nitrogens is 1. The number of anilines is 2. The van der Waals surface area contributed by atoms with Crippen molar-refractivity contribution in [1.29, 1.82) is 0 Å². The number of nitrogens with zero attached hydrogens (tertiary/aromatic N) is 2. The van der Waals surface area contributed by atoms with Gasteiger partial charge in [-0.1, -0.05) is 41.9 Å². The summed E-state index contributed by atoms with van der Waals surface area (Å²) in [7, 11) is 0. The normalized spacial score (nSPS) is 10.4. The Morgan fingerprint density at radius 2 is 1.84 bits per heavy atom. The zero-order chi connectivity index (χ0) is 22.9. The highest BCUT2D eigenvalue weighted by atomic mass is 35.5. The van der Waals surface area contributed by atoms with Crippen molar-refractivity contribution in [3.8, 4) is 0 Å². The van der Waals surface area contributed by atoms with Gasteiger partial charge in [0.15, 0.2) is 5.13 Å². The molecular weight excluding hydrogens is 455 g/mol. The largest absolute Gasteiger partial charge is 0.350 e. The molecule has 0 saturated carbocycles. The number of carbonyl (C=O) groups excluding carboxylic acids is 3. The van der Waals surface area contributed by atoms with E-state index < -0.39 is 17.6 Å². The van der Waals surface area contributed by atoms with Crippen molar-refractivity contribution in [1.82, 2.24) is 10.3 Å². The summed E-state index contributed by atoms with van der Waals surface area (Å²) >= 11 is 7.13. The van der Waals surface area contributed by atoms with Crippen LogP contribution in [0.1, 0.15) is 18.4 Å². The van der Waals surface area contributed by atoms with Gasteiger partial charge >= 0.3 is 0 Å². The Balaban J connectivity index is 1.65. The molecule has 0 aliphatic carbocycles. The number of carbonyl (C=O) groups is 3. The molecule has 1 heterocycles. The molecule has 32 heavy (non-hydrogen) atoms. The molecule has 0 saturated heterocycles. The van der Waals surface area contributed by atoms with E-state index in [-0.39, 0.29) is 36.0 Å². The van der Waals surface area contributed by atoms with Crippen LogP contribution in [0.4, 0.5) is 15.2 Å². The lowest BCUT2D eigenvalue weighted by molar-refractivity contribution is -0.125. The number of halogens is 2. The third-order valence-electron chi connectivity index (χ3n) is 4.39. The summed E-state index contributed by atoms with van der Waals surface area (Å²) in [5, 5.41) is 7.33. The van der Waals surface area contributed by atoms with E-state index in [2.05, 4.69) is 15.6 Å². The van der Waals surface area contributed by atoms with Crippen LogP contribution in [0.15, 0.2) is 60.1 Å². The van der Waals surface area contributed by atoms with Crippen LogP contribution >= 0.6 is 22.9 Å². The number of hydrogen-bond donors (Lipinski definition) is 2. The predicted molar refractivity (Wildman–Crippen MR) is 122 cm³/mol. The third-order valence-corrected chi connectivity index (χ3v) is 5.37. The van der Waals surface area contributed by atoms with Crippen molar-refractivity contribution < 1.29 is 18.8 Å². The van der Waals surface area contributed by atoms with E-state index in [0.717, 1.165) is 11.6 Å². The van der Waals surface area contributed by atoms with E-state index in [9.17, 15) is 18.8 Å². The Hall–Kier alpha value is -3.30. The lowest BCUT2D eigenvalue weighted by atomic mass is 10.2. The molecule has 0 atom stereocenters. The molecule has 0 aliphatic heterocycles. The summed E-state index contributed by atoms with van der Waals surface area (Å²) in [5.74, 6) is -1.90. The van der Waals surface area contributed by atoms with Crippen molar-refractivity contribution in [2.75, 3.05) is 16.8 Å². The number of hydrogen-bond acceptors (Lipinski definition) is 5. The first-order valence-corrected chi connectivity index (χ1v) is 10.9. The van der Waals surface area contributed by atoms with Crippen LogP contribution in [0, 0.1) is 5.82 Å². The van der Waals surface area contributed by atoms with Crippen LogP contribution in [0.25, 0.3) is 0 Å². The van der Waals surface area contributed by atoms with Crippen molar-refractivity contribution in [3.63, 3.8) is 0 Å². The monoisotopic (exact) mass is 474 g/mol. The minimum atomic E-state index is -0.640. The molecule has 2 aromatic carbocycles. The maximum Gasteiger partial charge on any atom is 0.240 e. The summed E-state index contributed by atoms with van der Waals surface area (Å²) < 4.78 is 13.6. The molecule has 1 aromatic heterocycles. The van der Waals surface area contributed by atoms with E-state index >= 15 is 0 Å². The summed E-state index contributed by atoms with van der Waals surface area (Å²) in [6, 6.07) is 13.1. The molecule has 0 aliphatic rings. The van der Waals surface area contributed by atoms with Gasteiger partial charge in [0.2, 0.25) is 17.7 Å². The van der Waals surface area contributed by atoms with Gasteiger partial charge in [0.1, 0.15) is 12.4 Å². The first-order chi connectivity index (χ1) is 15.4. The van der Waals surface area contributed by atoms with E-state index in [1.165, 1.54) is 28.4 Å². The van der Waals surface area contributed by atoms with Gasteiger partial charge in [0, 0.05) is 36.7 Å². The molecule has 2 N–H and O–H groups in total. The lowest BCUT2D eigenvalue weighted by Gasteiger charge is -2.23. The first kappa shape index (κ1) is 23.4. The fourth-order valence-electron chi connectivity index (χ4n) is 2.79. The van der Waals surface area contributed by atoms with Gasteiger partial charge in [-0.3, -0.25) is 14.4 Å². The standard InChI is InChI=1S/C22H20ClFN4O3S/c23-17-12-16(6-7-18(17)24)28(14-20(30)26-13-15-4-2-1-3-5-15)21(31)9-8-19(29)27-22-25-10-11-32-22/h1-7,10-12H,8-9,13-14H2,(H,26,30)(H,25,27,29).